The summed E-state index contributed by atoms with van der Waals surface area (Å²) in [6.07, 6.45) is -0.362. The Bertz CT molecular complexity index is 433. The first-order valence-corrected chi connectivity index (χ1v) is 7.25. The molecule has 1 saturated heterocycles. The fraction of sp³-hybridized carbons (Fsp3) is 0.562. The van der Waals surface area contributed by atoms with Crippen LogP contribution in [-0.2, 0) is 9.53 Å². The lowest BCUT2D eigenvalue weighted by molar-refractivity contribution is -0.139. The van der Waals surface area contributed by atoms with Crippen LogP contribution < -0.4 is 5.32 Å². The molecule has 110 valence electrons. The van der Waals surface area contributed by atoms with Crippen molar-refractivity contribution in [3.63, 3.8) is 0 Å². The van der Waals surface area contributed by atoms with E-state index in [1.54, 1.807) is 7.05 Å². The van der Waals surface area contributed by atoms with Crippen LogP contribution in [-0.4, -0.2) is 43.7 Å². The summed E-state index contributed by atoms with van der Waals surface area (Å²) < 4.78 is 5.57. The number of carbonyl (C=O) groups excluding carboxylic acids is 1. The van der Waals surface area contributed by atoms with E-state index in [0.717, 1.165) is 6.54 Å². The van der Waals surface area contributed by atoms with Crippen molar-refractivity contribution in [1.82, 2.24) is 10.2 Å². The lowest BCUT2D eigenvalue weighted by Crippen LogP contribution is -2.50. The number of rotatable bonds is 4. The van der Waals surface area contributed by atoms with Crippen molar-refractivity contribution in [2.75, 3.05) is 26.7 Å². The van der Waals surface area contributed by atoms with Crippen LogP contribution in [0, 0.1) is 5.92 Å². The Kier molecular flexibility index (Phi) is 5.15. The second-order valence-corrected chi connectivity index (χ2v) is 5.57. The molecule has 0 radical (unpaired) electrons. The fourth-order valence-corrected chi connectivity index (χ4v) is 2.91. The highest BCUT2D eigenvalue weighted by molar-refractivity contribution is 5.80. The Morgan fingerprint density at radius 2 is 2.05 bits per heavy atom. The second kappa shape index (κ2) is 6.86. The average molecular weight is 276 g/mol. The summed E-state index contributed by atoms with van der Waals surface area (Å²) in [5, 5.41) is 2.67. The molecule has 20 heavy (non-hydrogen) atoms. The zero-order valence-electron chi connectivity index (χ0n) is 12.5. The van der Waals surface area contributed by atoms with Crippen LogP contribution in [0.1, 0.15) is 25.5 Å². The monoisotopic (exact) mass is 276 g/mol. The molecular weight excluding hydrogens is 252 g/mol. The van der Waals surface area contributed by atoms with Crippen molar-refractivity contribution in [2.45, 2.75) is 26.0 Å². The molecule has 2 rings (SSSR count). The van der Waals surface area contributed by atoms with Crippen molar-refractivity contribution in [1.29, 1.82) is 0 Å². The van der Waals surface area contributed by atoms with Crippen molar-refractivity contribution in [3.8, 4) is 0 Å². The Labute approximate surface area is 121 Å². The molecule has 1 N–H and O–H groups in total. The van der Waals surface area contributed by atoms with Crippen molar-refractivity contribution >= 4 is 5.91 Å². The number of morpholine rings is 1. The molecule has 4 heteroatoms. The molecule has 0 spiro atoms. The number of ether oxygens (including phenoxy) is 1. The first kappa shape index (κ1) is 15.0. The molecule has 0 bridgehead atoms. The summed E-state index contributed by atoms with van der Waals surface area (Å²) in [7, 11) is 1.65. The quantitative estimate of drug-likeness (QED) is 0.912. The van der Waals surface area contributed by atoms with Gasteiger partial charge in [-0.1, -0.05) is 44.2 Å². The van der Waals surface area contributed by atoms with Crippen LogP contribution in [0.4, 0.5) is 0 Å². The third-order valence-corrected chi connectivity index (χ3v) is 3.80. The van der Waals surface area contributed by atoms with Crippen LogP contribution in [0.25, 0.3) is 0 Å². The van der Waals surface area contributed by atoms with Crippen molar-refractivity contribution in [2.24, 2.45) is 5.92 Å². The smallest absolute Gasteiger partial charge is 0.250 e. The highest BCUT2D eigenvalue weighted by atomic mass is 16.5. The first-order valence-electron chi connectivity index (χ1n) is 7.25. The summed E-state index contributed by atoms with van der Waals surface area (Å²) in [5.41, 5.74) is 1.31. The van der Waals surface area contributed by atoms with Gasteiger partial charge in [-0.15, -0.1) is 0 Å². The van der Waals surface area contributed by atoms with Gasteiger partial charge in [0.1, 0.15) is 6.10 Å². The lowest BCUT2D eigenvalue weighted by atomic mass is 9.93. The number of benzene rings is 1. The Balaban J connectivity index is 2.16. The second-order valence-electron chi connectivity index (χ2n) is 5.57. The maximum absolute atomic E-state index is 11.8. The van der Waals surface area contributed by atoms with E-state index in [-0.39, 0.29) is 12.0 Å². The number of carbonyl (C=O) groups is 1. The largest absolute Gasteiger partial charge is 0.366 e. The minimum Gasteiger partial charge on any atom is -0.366 e. The van der Waals surface area contributed by atoms with Gasteiger partial charge >= 0.3 is 0 Å². The Hall–Kier alpha value is -1.39. The fourth-order valence-electron chi connectivity index (χ4n) is 2.91. The van der Waals surface area contributed by atoms with Crippen molar-refractivity contribution in [3.05, 3.63) is 35.9 Å². The summed E-state index contributed by atoms with van der Waals surface area (Å²) in [4.78, 5) is 14.1. The zero-order chi connectivity index (χ0) is 14.5. The minimum absolute atomic E-state index is 0.0368. The number of likely N-dealkylation sites (N-methyl/N-ethyl adjacent to an activating group) is 1. The lowest BCUT2D eigenvalue weighted by Gasteiger charge is -2.39. The number of nitrogens with zero attached hydrogens (tertiary/aromatic N) is 1. The third-order valence-electron chi connectivity index (χ3n) is 3.80. The summed E-state index contributed by atoms with van der Waals surface area (Å²) in [6.45, 7) is 6.57. The summed E-state index contributed by atoms with van der Waals surface area (Å²) in [5.74, 6) is 0.450. The van der Waals surface area contributed by atoms with Gasteiger partial charge in [0, 0.05) is 26.2 Å². The molecule has 1 aromatic carbocycles. The van der Waals surface area contributed by atoms with E-state index in [1.165, 1.54) is 5.56 Å². The molecular formula is C16H24N2O2. The minimum atomic E-state index is -0.362. The molecule has 1 aromatic rings. The number of amides is 1. The predicted molar refractivity (Wildman–Crippen MR) is 79.4 cm³/mol. The summed E-state index contributed by atoms with van der Waals surface area (Å²) >= 11 is 0. The Morgan fingerprint density at radius 3 is 2.65 bits per heavy atom. The van der Waals surface area contributed by atoms with Gasteiger partial charge in [-0.3, -0.25) is 9.69 Å². The molecule has 0 unspecified atom stereocenters. The molecule has 0 saturated carbocycles. The van der Waals surface area contributed by atoms with Gasteiger partial charge in [-0.2, -0.15) is 0 Å². The van der Waals surface area contributed by atoms with Crippen LogP contribution in [0.15, 0.2) is 30.3 Å². The number of hydrogen-bond acceptors (Lipinski definition) is 3. The molecule has 0 aromatic heterocycles. The van der Waals surface area contributed by atoms with E-state index in [4.69, 9.17) is 4.74 Å². The molecule has 1 heterocycles. The average Bonchev–Trinajstić information content (AvgIpc) is 2.47. The molecule has 1 aliphatic rings. The molecule has 1 aliphatic heterocycles. The van der Waals surface area contributed by atoms with Crippen LogP contribution in [0.5, 0.6) is 0 Å². The van der Waals surface area contributed by atoms with Crippen LogP contribution >= 0.6 is 0 Å². The molecule has 2 atom stereocenters. The molecule has 0 aliphatic carbocycles. The van der Waals surface area contributed by atoms with Gasteiger partial charge in [0.2, 0.25) is 5.91 Å². The molecule has 1 fully saturated rings. The number of nitrogens with one attached hydrogen (secondary N) is 1. The van der Waals surface area contributed by atoms with Crippen LogP contribution in [0.3, 0.4) is 0 Å². The topological polar surface area (TPSA) is 41.6 Å². The van der Waals surface area contributed by atoms with E-state index < -0.39 is 0 Å². The predicted octanol–water partition coefficient (Wildman–Crippen LogP) is 1.83. The highest BCUT2D eigenvalue weighted by Crippen LogP contribution is 2.29. The van der Waals surface area contributed by atoms with Crippen LogP contribution in [0.2, 0.25) is 0 Å². The summed E-state index contributed by atoms with van der Waals surface area (Å²) in [6, 6.07) is 10.8. The standard InChI is InChI=1S/C16H24N2O2/c1-12(2)15(13-7-5-4-6-8-13)18-9-10-20-14(11-18)16(19)17-3/h4-8,12,14-15H,9-11H2,1-3H3,(H,17,19)/t14-,15-/m1/s1. The van der Waals surface area contributed by atoms with Crippen molar-refractivity contribution < 1.29 is 9.53 Å². The van der Waals surface area contributed by atoms with Gasteiger partial charge in [-0.05, 0) is 11.5 Å². The maximum atomic E-state index is 11.8. The van der Waals surface area contributed by atoms with Gasteiger partial charge in [-0.25, -0.2) is 0 Å². The van der Waals surface area contributed by atoms with Gasteiger partial charge in [0.25, 0.3) is 0 Å². The number of hydrogen-bond donors (Lipinski definition) is 1. The van der Waals surface area contributed by atoms with Gasteiger partial charge in [0.15, 0.2) is 0 Å². The maximum Gasteiger partial charge on any atom is 0.250 e. The van der Waals surface area contributed by atoms with E-state index in [0.29, 0.717) is 25.1 Å². The Morgan fingerprint density at radius 1 is 1.35 bits per heavy atom. The first-order chi connectivity index (χ1) is 9.63. The molecule has 4 nitrogen and oxygen atoms in total. The van der Waals surface area contributed by atoms with Gasteiger partial charge < -0.3 is 10.1 Å². The highest BCUT2D eigenvalue weighted by Gasteiger charge is 2.32. The van der Waals surface area contributed by atoms with Gasteiger partial charge in [0.05, 0.1) is 6.61 Å². The normalized spacial score (nSPS) is 21.7. The zero-order valence-corrected chi connectivity index (χ0v) is 12.5. The SMILES string of the molecule is CNC(=O)[C@H]1CN([C@@H](c2ccccc2)C(C)C)CCO1. The molecule has 1 amide bonds. The van der Waals surface area contributed by atoms with E-state index >= 15 is 0 Å². The van der Waals surface area contributed by atoms with E-state index in [2.05, 4.69) is 48.3 Å². The van der Waals surface area contributed by atoms with E-state index in [1.807, 2.05) is 6.07 Å². The third kappa shape index (κ3) is 3.38. The van der Waals surface area contributed by atoms with E-state index in [9.17, 15) is 4.79 Å².